The average molecular weight is 433 g/mol. The van der Waals surface area contributed by atoms with Crippen molar-refractivity contribution < 1.29 is 18.4 Å². The van der Waals surface area contributed by atoms with Gasteiger partial charge in [0.2, 0.25) is 5.91 Å². The fourth-order valence-corrected chi connectivity index (χ4v) is 9.58. The maximum absolute atomic E-state index is 13.6. The predicted octanol–water partition coefficient (Wildman–Crippen LogP) is 4.97. The van der Waals surface area contributed by atoms with Gasteiger partial charge in [0.15, 0.2) is 0 Å². The molecule has 4 nitrogen and oxygen atoms in total. The van der Waals surface area contributed by atoms with E-state index in [0.717, 1.165) is 37.7 Å². The number of anilines is 1. The van der Waals surface area contributed by atoms with Crippen molar-refractivity contribution in [3.05, 3.63) is 16.0 Å². The molecule has 0 radical (unpaired) electrons. The van der Waals surface area contributed by atoms with Gasteiger partial charge in [-0.1, -0.05) is 0 Å². The Labute approximate surface area is 178 Å². The van der Waals surface area contributed by atoms with E-state index in [1.807, 2.05) is 0 Å². The molecule has 4 atom stereocenters. The maximum Gasteiger partial charge on any atom is 0.282 e. The second-order valence-corrected chi connectivity index (χ2v) is 12.0. The number of alkyl halides is 2. The fourth-order valence-electron chi connectivity index (χ4n) is 8.16. The lowest BCUT2D eigenvalue weighted by Gasteiger charge is -2.39. The summed E-state index contributed by atoms with van der Waals surface area (Å²) in [6, 6.07) is 0. The largest absolute Gasteiger partial charge is 0.326 e. The number of carbonyl (C=O) groups is 2. The number of hydrogen-bond donors (Lipinski definition) is 1. The van der Waals surface area contributed by atoms with Crippen LogP contribution in [0.2, 0.25) is 0 Å². The molecule has 160 valence electrons. The summed E-state index contributed by atoms with van der Waals surface area (Å²) in [7, 11) is 0. The van der Waals surface area contributed by atoms with E-state index in [4.69, 9.17) is 0 Å². The van der Waals surface area contributed by atoms with Crippen molar-refractivity contribution >= 4 is 28.2 Å². The normalized spacial score (nSPS) is 41.3. The third-order valence-corrected chi connectivity index (χ3v) is 10.5. The third-order valence-electron chi connectivity index (χ3n) is 9.20. The van der Waals surface area contributed by atoms with Crippen molar-refractivity contribution in [3.8, 4) is 0 Å². The molecule has 4 unspecified atom stereocenters. The minimum absolute atomic E-state index is 0.0902. The van der Waals surface area contributed by atoms with Crippen LogP contribution in [0.3, 0.4) is 0 Å². The van der Waals surface area contributed by atoms with Gasteiger partial charge >= 0.3 is 0 Å². The first-order chi connectivity index (χ1) is 14.3. The molecule has 6 bridgehead atoms. The van der Waals surface area contributed by atoms with Crippen LogP contribution in [-0.2, 0) is 4.79 Å². The topological polar surface area (TPSA) is 49.4 Å². The van der Waals surface area contributed by atoms with E-state index in [0.29, 0.717) is 40.2 Å². The first kappa shape index (κ1) is 18.1. The molecular weight excluding hydrogens is 406 g/mol. The summed E-state index contributed by atoms with van der Waals surface area (Å²) in [5.41, 5.74) is 1.35. The maximum atomic E-state index is 13.6. The van der Waals surface area contributed by atoms with Crippen molar-refractivity contribution in [2.24, 2.45) is 23.2 Å². The van der Waals surface area contributed by atoms with Gasteiger partial charge in [-0.3, -0.25) is 9.59 Å². The van der Waals surface area contributed by atoms with Gasteiger partial charge in [-0.2, -0.15) is 0 Å². The van der Waals surface area contributed by atoms with Gasteiger partial charge in [-0.05, 0) is 86.5 Å². The SMILES string of the molecule is O=C(c1c(NC(=O)C23CC4CC(CC2C4)C3)sc2c1C1CCC2C1)N1CC(F)(F)C1. The van der Waals surface area contributed by atoms with Gasteiger partial charge in [-0.15, -0.1) is 11.3 Å². The smallest absolute Gasteiger partial charge is 0.282 e. The number of halogens is 2. The van der Waals surface area contributed by atoms with Crippen LogP contribution in [0.15, 0.2) is 0 Å². The number of likely N-dealkylation sites (tertiary alicyclic amines) is 1. The van der Waals surface area contributed by atoms with E-state index in [-0.39, 0.29) is 17.2 Å². The van der Waals surface area contributed by atoms with Crippen molar-refractivity contribution in [1.82, 2.24) is 4.90 Å². The van der Waals surface area contributed by atoms with E-state index in [1.165, 1.54) is 29.0 Å². The molecule has 7 heteroatoms. The second kappa shape index (κ2) is 5.64. The summed E-state index contributed by atoms with van der Waals surface area (Å²) < 4.78 is 26.9. The summed E-state index contributed by atoms with van der Waals surface area (Å²) in [6.07, 6.45) is 8.85. The van der Waals surface area contributed by atoms with Gasteiger partial charge in [0, 0.05) is 4.88 Å². The molecule has 30 heavy (non-hydrogen) atoms. The molecule has 1 N–H and O–H groups in total. The van der Waals surface area contributed by atoms with Gasteiger partial charge in [-0.25, -0.2) is 8.78 Å². The molecule has 7 aliphatic rings. The molecule has 0 aromatic carbocycles. The Morgan fingerprint density at radius 3 is 2.40 bits per heavy atom. The molecule has 0 spiro atoms. The quantitative estimate of drug-likeness (QED) is 0.733. The van der Waals surface area contributed by atoms with Crippen LogP contribution in [0.1, 0.15) is 84.0 Å². The second-order valence-electron chi connectivity index (χ2n) is 11.0. The standard InChI is InChI=1S/C23H26F2N2O2S/c24-23(25)9-27(10-23)20(28)17-16-13-1-2-14(6-13)18(16)30-19(17)26-21(29)22-7-11-3-12(8-22)5-15(22)4-11/h11-15H,1-10H2,(H,26,29). The molecule has 6 fully saturated rings. The highest BCUT2D eigenvalue weighted by atomic mass is 32.1. The molecule has 1 aliphatic heterocycles. The summed E-state index contributed by atoms with van der Waals surface area (Å²) in [5, 5.41) is 3.84. The average Bonchev–Trinajstić information content (AvgIpc) is 3.43. The minimum Gasteiger partial charge on any atom is -0.326 e. The summed E-state index contributed by atoms with van der Waals surface area (Å²) in [5.74, 6) is -0.326. The van der Waals surface area contributed by atoms with E-state index in [9.17, 15) is 18.4 Å². The molecule has 1 saturated heterocycles. The number of carbonyl (C=O) groups excluding carboxylic acids is 2. The molecular formula is C23H26F2N2O2S. The van der Waals surface area contributed by atoms with E-state index >= 15 is 0 Å². The first-order valence-electron chi connectivity index (χ1n) is 11.5. The van der Waals surface area contributed by atoms with Crippen LogP contribution in [0.25, 0.3) is 0 Å². The number of fused-ring (bicyclic) bond motifs is 5. The number of rotatable bonds is 3. The van der Waals surface area contributed by atoms with Crippen LogP contribution in [0.4, 0.5) is 13.8 Å². The highest BCUT2D eigenvalue weighted by molar-refractivity contribution is 7.17. The lowest BCUT2D eigenvalue weighted by molar-refractivity contribution is -0.127. The molecule has 2 amide bonds. The molecule has 8 rings (SSSR count). The first-order valence-corrected chi connectivity index (χ1v) is 12.3. The summed E-state index contributed by atoms with van der Waals surface area (Å²) in [6.45, 7) is -1.01. The van der Waals surface area contributed by atoms with Crippen molar-refractivity contribution in [1.29, 1.82) is 0 Å². The van der Waals surface area contributed by atoms with Gasteiger partial charge < -0.3 is 10.2 Å². The predicted molar refractivity (Wildman–Crippen MR) is 109 cm³/mol. The number of nitrogens with one attached hydrogen (secondary N) is 1. The molecule has 5 saturated carbocycles. The molecule has 2 heterocycles. The lowest BCUT2D eigenvalue weighted by Crippen LogP contribution is -2.58. The number of thiophene rings is 1. The highest BCUT2D eigenvalue weighted by Crippen LogP contribution is 2.66. The summed E-state index contributed by atoms with van der Waals surface area (Å²) in [4.78, 5) is 29.3. The Morgan fingerprint density at radius 2 is 1.70 bits per heavy atom. The van der Waals surface area contributed by atoms with Crippen LogP contribution >= 0.6 is 11.3 Å². The van der Waals surface area contributed by atoms with Crippen molar-refractivity contribution in [2.45, 2.75) is 69.1 Å². The molecule has 1 aromatic rings. The number of hydrogen-bond acceptors (Lipinski definition) is 3. The van der Waals surface area contributed by atoms with Crippen LogP contribution in [0.5, 0.6) is 0 Å². The Kier molecular flexibility index (Phi) is 3.41. The molecule has 6 aliphatic carbocycles. The van der Waals surface area contributed by atoms with Gasteiger partial charge in [0.25, 0.3) is 11.8 Å². The minimum atomic E-state index is -2.78. The van der Waals surface area contributed by atoms with Gasteiger partial charge in [0.05, 0.1) is 24.1 Å². The summed E-state index contributed by atoms with van der Waals surface area (Å²) >= 11 is 1.55. The zero-order valence-corrected chi connectivity index (χ0v) is 17.7. The monoisotopic (exact) mass is 432 g/mol. The van der Waals surface area contributed by atoms with E-state index < -0.39 is 19.0 Å². The number of nitrogens with zero attached hydrogens (tertiary/aromatic N) is 1. The number of amides is 2. The zero-order chi connectivity index (χ0) is 20.4. The highest BCUT2D eigenvalue weighted by Gasteiger charge is 2.61. The van der Waals surface area contributed by atoms with Crippen LogP contribution in [-0.4, -0.2) is 35.7 Å². The van der Waals surface area contributed by atoms with Crippen LogP contribution in [0, 0.1) is 23.2 Å². The third kappa shape index (κ3) is 2.25. The Bertz CT molecular complexity index is 966. The van der Waals surface area contributed by atoms with Crippen molar-refractivity contribution in [3.63, 3.8) is 0 Å². The Morgan fingerprint density at radius 1 is 1.00 bits per heavy atom. The lowest BCUT2D eigenvalue weighted by atomic mass is 9.75. The Balaban J connectivity index is 1.24. The van der Waals surface area contributed by atoms with Crippen molar-refractivity contribution in [2.75, 3.05) is 18.4 Å². The fraction of sp³-hybridized carbons (Fsp3) is 0.739. The Hall–Kier alpha value is -1.50. The van der Waals surface area contributed by atoms with Gasteiger partial charge in [0.1, 0.15) is 5.00 Å². The van der Waals surface area contributed by atoms with E-state index in [2.05, 4.69) is 5.32 Å². The van der Waals surface area contributed by atoms with Crippen LogP contribution < -0.4 is 5.32 Å². The van der Waals surface area contributed by atoms with E-state index in [1.54, 1.807) is 11.3 Å². The molecule has 1 aromatic heterocycles. The zero-order valence-electron chi connectivity index (χ0n) is 16.9.